The highest BCUT2D eigenvalue weighted by Gasteiger charge is 2.37. The third kappa shape index (κ3) is 2.80. The van der Waals surface area contributed by atoms with E-state index in [1.165, 1.54) is 12.2 Å². The number of amides is 1. The van der Waals surface area contributed by atoms with Crippen molar-refractivity contribution in [3.8, 4) is 0 Å². The van der Waals surface area contributed by atoms with Gasteiger partial charge >= 0.3 is 0 Å². The van der Waals surface area contributed by atoms with E-state index in [0.717, 1.165) is 41.6 Å². The molecule has 3 heterocycles. The van der Waals surface area contributed by atoms with Gasteiger partial charge in [0.1, 0.15) is 11.8 Å². The van der Waals surface area contributed by atoms with Crippen LogP contribution in [0.5, 0.6) is 0 Å². The molecule has 1 aromatic rings. The van der Waals surface area contributed by atoms with E-state index < -0.39 is 0 Å². The molecule has 7 heteroatoms. The predicted octanol–water partition coefficient (Wildman–Crippen LogP) is 2.28. The summed E-state index contributed by atoms with van der Waals surface area (Å²) < 4.78 is 6.67. The maximum atomic E-state index is 12.5. The van der Waals surface area contributed by atoms with Gasteiger partial charge in [-0.25, -0.2) is 5.06 Å². The summed E-state index contributed by atoms with van der Waals surface area (Å²) in [5.41, 5.74) is 1.94. The second-order valence-corrected chi connectivity index (χ2v) is 6.31. The fraction of sp³-hybridized carbons (Fsp3) is 0.533. The van der Waals surface area contributed by atoms with Crippen molar-refractivity contribution >= 4 is 27.5 Å². The molecule has 1 amide bonds. The Balaban J connectivity index is 1.98. The van der Waals surface area contributed by atoms with Gasteiger partial charge in [-0.3, -0.25) is 19.6 Å². The topological polar surface area (TPSA) is 64.0 Å². The van der Waals surface area contributed by atoms with E-state index in [9.17, 15) is 4.79 Å². The molecule has 0 radical (unpaired) electrons. The molecule has 0 bridgehead atoms. The molecular weight excluding hydrogens is 350 g/mol. The van der Waals surface area contributed by atoms with Gasteiger partial charge in [-0.15, -0.1) is 0 Å². The van der Waals surface area contributed by atoms with E-state index in [4.69, 9.17) is 9.57 Å². The molecule has 2 aliphatic heterocycles. The van der Waals surface area contributed by atoms with Gasteiger partial charge in [0.2, 0.25) is 0 Å². The number of hydrogen-bond donors (Lipinski definition) is 0. The molecule has 6 nitrogen and oxygen atoms in total. The number of aliphatic imine (C=N–C) groups is 1. The lowest BCUT2D eigenvalue weighted by molar-refractivity contribution is -0.160. The average Bonchev–Trinajstić information content (AvgIpc) is 2.92. The maximum Gasteiger partial charge on any atom is 0.295 e. The van der Waals surface area contributed by atoms with Crippen LogP contribution < -0.4 is 0 Å². The highest BCUT2D eigenvalue weighted by Crippen LogP contribution is 2.36. The predicted molar refractivity (Wildman–Crippen MR) is 84.6 cm³/mol. The van der Waals surface area contributed by atoms with Crippen molar-refractivity contribution < 1.29 is 14.4 Å². The highest BCUT2D eigenvalue weighted by molar-refractivity contribution is 9.10. The number of aromatic nitrogens is 1. The first-order valence-electron chi connectivity index (χ1n) is 7.29. The molecule has 2 unspecified atom stereocenters. The minimum absolute atomic E-state index is 0.0145. The van der Waals surface area contributed by atoms with Crippen molar-refractivity contribution in [2.75, 3.05) is 20.8 Å². The third-order valence-corrected chi connectivity index (χ3v) is 4.45. The van der Waals surface area contributed by atoms with Crippen molar-refractivity contribution in [2.45, 2.75) is 31.4 Å². The van der Waals surface area contributed by atoms with Crippen LogP contribution in [0.4, 0.5) is 0 Å². The molecule has 1 aromatic heterocycles. The number of pyridine rings is 1. The molecule has 0 saturated carbocycles. The minimum Gasteiger partial charge on any atom is -0.376 e. The van der Waals surface area contributed by atoms with Crippen LogP contribution in [0.15, 0.2) is 21.7 Å². The zero-order valence-corrected chi connectivity index (χ0v) is 14.2. The highest BCUT2D eigenvalue weighted by atomic mass is 79.9. The smallest absolute Gasteiger partial charge is 0.295 e. The number of carbonyl (C=O) groups is 1. The number of hydroxylamine groups is 2. The molecular formula is C15H18BrN3O3. The van der Waals surface area contributed by atoms with Gasteiger partial charge in [0.15, 0.2) is 0 Å². The first-order valence-corrected chi connectivity index (χ1v) is 8.08. The van der Waals surface area contributed by atoms with E-state index >= 15 is 0 Å². The number of fused-ring (bicyclic) bond motifs is 1. The maximum absolute atomic E-state index is 12.5. The van der Waals surface area contributed by atoms with Crippen LogP contribution in [0.2, 0.25) is 0 Å². The summed E-state index contributed by atoms with van der Waals surface area (Å²) in [6, 6.07) is 1.67. The van der Waals surface area contributed by atoms with Crippen LogP contribution in [0.3, 0.4) is 0 Å². The lowest BCUT2D eigenvalue weighted by Crippen LogP contribution is -2.32. The standard InChI is InChI=1S/C15H18BrN3O3/c1-19(21-2)15(20)13-10-7-9(16)8-17-12(10)14(18-13)11-5-3-4-6-22-11/h7-8,11,14H,3-6H2,1-2H3. The van der Waals surface area contributed by atoms with Gasteiger partial charge in [-0.1, -0.05) is 0 Å². The molecule has 0 N–H and O–H groups in total. The van der Waals surface area contributed by atoms with Gasteiger partial charge in [0.05, 0.1) is 18.9 Å². The third-order valence-electron chi connectivity index (χ3n) is 4.02. The van der Waals surface area contributed by atoms with E-state index in [1.54, 1.807) is 13.2 Å². The van der Waals surface area contributed by atoms with Crippen LogP contribution in [0.1, 0.15) is 36.6 Å². The van der Waals surface area contributed by atoms with E-state index in [-0.39, 0.29) is 18.1 Å². The van der Waals surface area contributed by atoms with E-state index in [0.29, 0.717) is 5.71 Å². The number of likely N-dealkylation sites (N-methyl/N-ethyl adjacent to an activating group) is 1. The fourth-order valence-corrected chi connectivity index (χ4v) is 3.15. The molecule has 3 rings (SSSR count). The van der Waals surface area contributed by atoms with Crippen LogP contribution in [0, 0.1) is 0 Å². The Kier molecular flexibility index (Phi) is 4.56. The van der Waals surface area contributed by atoms with Gasteiger partial charge in [-0.2, -0.15) is 0 Å². The van der Waals surface area contributed by atoms with Crippen molar-refractivity contribution in [3.05, 3.63) is 28.0 Å². The summed E-state index contributed by atoms with van der Waals surface area (Å²) in [4.78, 5) is 26.6. The van der Waals surface area contributed by atoms with Gasteiger partial charge in [-0.05, 0) is 41.3 Å². The monoisotopic (exact) mass is 367 g/mol. The number of halogens is 1. The number of ether oxygens (including phenoxy) is 1. The summed E-state index contributed by atoms with van der Waals surface area (Å²) in [6.45, 7) is 0.740. The Morgan fingerprint density at radius 1 is 1.50 bits per heavy atom. The average molecular weight is 368 g/mol. The van der Waals surface area contributed by atoms with Gasteiger partial charge < -0.3 is 4.74 Å². The summed E-state index contributed by atoms with van der Waals surface area (Å²) in [5.74, 6) is -0.276. The Morgan fingerprint density at radius 2 is 2.32 bits per heavy atom. The number of nitrogens with zero attached hydrogens (tertiary/aromatic N) is 3. The summed E-state index contributed by atoms with van der Waals surface area (Å²) in [5, 5.41) is 1.17. The summed E-state index contributed by atoms with van der Waals surface area (Å²) >= 11 is 3.41. The Labute approximate surface area is 137 Å². The molecule has 2 aliphatic rings. The first-order chi connectivity index (χ1) is 10.6. The zero-order valence-electron chi connectivity index (χ0n) is 12.6. The van der Waals surface area contributed by atoms with Crippen molar-refractivity contribution in [3.63, 3.8) is 0 Å². The molecule has 118 valence electrons. The lowest BCUT2D eigenvalue weighted by atomic mass is 9.98. The Hall–Kier alpha value is -1.31. The molecule has 0 aliphatic carbocycles. The van der Waals surface area contributed by atoms with Gasteiger partial charge in [0.25, 0.3) is 5.91 Å². The van der Waals surface area contributed by atoms with E-state index in [2.05, 4.69) is 25.9 Å². The molecule has 22 heavy (non-hydrogen) atoms. The zero-order chi connectivity index (χ0) is 15.7. The lowest BCUT2D eigenvalue weighted by Gasteiger charge is -2.26. The van der Waals surface area contributed by atoms with Crippen molar-refractivity contribution in [1.29, 1.82) is 0 Å². The second-order valence-electron chi connectivity index (χ2n) is 5.40. The molecule has 1 saturated heterocycles. The largest absolute Gasteiger partial charge is 0.376 e. The molecule has 1 fully saturated rings. The van der Waals surface area contributed by atoms with Crippen molar-refractivity contribution in [1.82, 2.24) is 10.0 Å². The first kappa shape index (κ1) is 15.6. The van der Waals surface area contributed by atoms with Crippen LogP contribution in [-0.4, -0.2) is 48.5 Å². The summed E-state index contributed by atoms with van der Waals surface area (Å²) in [7, 11) is 3.02. The number of rotatable bonds is 3. The van der Waals surface area contributed by atoms with Crippen molar-refractivity contribution in [2.24, 2.45) is 4.99 Å². The van der Waals surface area contributed by atoms with Crippen LogP contribution in [-0.2, 0) is 14.4 Å². The molecule has 0 spiro atoms. The van der Waals surface area contributed by atoms with Crippen LogP contribution >= 0.6 is 15.9 Å². The quantitative estimate of drug-likeness (QED) is 0.768. The second kappa shape index (κ2) is 6.44. The minimum atomic E-state index is -0.276. The van der Waals surface area contributed by atoms with Crippen LogP contribution in [0.25, 0.3) is 0 Å². The molecule has 2 atom stereocenters. The van der Waals surface area contributed by atoms with Gasteiger partial charge in [0, 0.05) is 29.9 Å². The fourth-order valence-electron chi connectivity index (χ4n) is 2.82. The SMILES string of the molecule is CON(C)C(=O)C1=NC(C2CCCCO2)c2ncc(Br)cc21. The number of carbonyl (C=O) groups excluding carboxylic acids is 1. The normalized spacial score (nSPS) is 23.9. The Bertz CT molecular complexity index is 614. The van der Waals surface area contributed by atoms with E-state index in [1.807, 2.05) is 6.07 Å². The Morgan fingerprint density at radius 3 is 3.00 bits per heavy atom. The molecule has 0 aromatic carbocycles. The summed E-state index contributed by atoms with van der Waals surface area (Å²) in [6.07, 6.45) is 4.85. The number of hydrogen-bond acceptors (Lipinski definition) is 5.